The van der Waals surface area contributed by atoms with E-state index in [0.717, 1.165) is 17.5 Å². The van der Waals surface area contributed by atoms with Gasteiger partial charge in [0.25, 0.3) is 0 Å². The predicted octanol–water partition coefficient (Wildman–Crippen LogP) is 3.33. The van der Waals surface area contributed by atoms with Crippen LogP contribution in [-0.4, -0.2) is 18.1 Å². The number of nitrogens with zero attached hydrogens (tertiary/aromatic N) is 1. The Morgan fingerprint density at radius 3 is 2.94 bits per heavy atom. The van der Waals surface area contributed by atoms with Crippen LogP contribution < -0.4 is 10.1 Å². The number of aromatic nitrogens is 1. The first-order valence-corrected chi connectivity index (χ1v) is 6.48. The van der Waals surface area contributed by atoms with Gasteiger partial charge in [0, 0.05) is 12.2 Å². The van der Waals surface area contributed by atoms with Crippen LogP contribution in [-0.2, 0) is 0 Å². The fourth-order valence-corrected chi connectivity index (χ4v) is 2.62. The number of nitrogens with one attached hydrogen (secondary N) is 1. The maximum absolute atomic E-state index is 5.32. The van der Waals surface area contributed by atoms with Crippen molar-refractivity contribution in [3.05, 3.63) is 18.3 Å². The maximum Gasteiger partial charge on any atom is 0.168 e. The number of pyridine rings is 1. The third-order valence-corrected chi connectivity index (χ3v) is 4.02. The third-order valence-electron chi connectivity index (χ3n) is 4.02. The summed E-state index contributed by atoms with van der Waals surface area (Å²) in [4.78, 5) is 4.37. The van der Waals surface area contributed by atoms with Gasteiger partial charge in [-0.25, -0.2) is 4.98 Å². The molecule has 3 nitrogen and oxygen atoms in total. The van der Waals surface area contributed by atoms with Gasteiger partial charge in [0.2, 0.25) is 0 Å². The molecule has 1 N–H and O–H groups in total. The van der Waals surface area contributed by atoms with Gasteiger partial charge in [0.1, 0.15) is 0 Å². The second kappa shape index (κ2) is 5.39. The molecule has 0 bridgehead atoms. The van der Waals surface area contributed by atoms with Crippen LogP contribution in [0.1, 0.15) is 33.1 Å². The molecule has 1 saturated carbocycles. The topological polar surface area (TPSA) is 34.1 Å². The van der Waals surface area contributed by atoms with Gasteiger partial charge in [0.15, 0.2) is 11.6 Å². The predicted molar refractivity (Wildman–Crippen MR) is 70.4 cm³/mol. The van der Waals surface area contributed by atoms with Crippen molar-refractivity contribution in [1.82, 2.24) is 4.98 Å². The molecule has 0 saturated heterocycles. The molecule has 3 atom stereocenters. The average Bonchev–Trinajstić information content (AvgIpc) is 2.35. The van der Waals surface area contributed by atoms with Crippen molar-refractivity contribution in [1.29, 1.82) is 0 Å². The van der Waals surface area contributed by atoms with Gasteiger partial charge < -0.3 is 10.1 Å². The number of anilines is 1. The Kier molecular flexibility index (Phi) is 3.87. The highest BCUT2D eigenvalue weighted by Crippen LogP contribution is 2.32. The lowest BCUT2D eigenvalue weighted by molar-refractivity contribution is 0.252. The van der Waals surface area contributed by atoms with E-state index in [1.54, 1.807) is 7.11 Å². The van der Waals surface area contributed by atoms with Crippen molar-refractivity contribution < 1.29 is 4.74 Å². The van der Waals surface area contributed by atoms with Gasteiger partial charge >= 0.3 is 0 Å². The van der Waals surface area contributed by atoms with Gasteiger partial charge in [-0.15, -0.1) is 0 Å². The Hall–Kier alpha value is -1.25. The zero-order chi connectivity index (χ0) is 12.3. The summed E-state index contributed by atoms with van der Waals surface area (Å²) in [6.07, 6.45) is 5.68. The first-order valence-electron chi connectivity index (χ1n) is 6.48. The molecule has 1 fully saturated rings. The molecule has 1 aliphatic rings. The molecule has 1 heterocycles. The van der Waals surface area contributed by atoms with Crippen molar-refractivity contribution in [3.63, 3.8) is 0 Å². The SMILES string of the molecule is COc1cccnc1NC1CCCC(C)C1C. The van der Waals surface area contributed by atoms with Crippen LogP contribution in [0, 0.1) is 11.8 Å². The zero-order valence-electron chi connectivity index (χ0n) is 10.9. The summed E-state index contributed by atoms with van der Waals surface area (Å²) < 4.78 is 5.32. The summed E-state index contributed by atoms with van der Waals surface area (Å²) in [5.74, 6) is 3.19. The lowest BCUT2D eigenvalue weighted by Gasteiger charge is -2.35. The van der Waals surface area contributed by atoms with Gasteiger partial charge in [-0.2, -0.15) is 0 Å². The van der Waals surface area contributed by atoms with E-state index in [2.05, 4.69) is 24.1 Å². The van der Waals surface area contributed by atoms with E-state index in [1.165, 1.54) is 19.3 Å². The lowest BCUT2D eigenvalue weighted by Crippen LogP contribution is -2.35. The standard InChI is InChI=1S/C14H22N2O/c1-10-6-4-7-12(11(10)2)16-14-13(17-3)8-5-9-15-14/h5,8-12H,4,6-7H2,1-3H3,(H,15,16). The Morgan fingerprint density at radius 2 is 2.18 bits per heavy atom. The number of hydrogen-bond acceptors (Lipinski definition) is 3. The molecule has 1 aromatic rings. The van der Waals surface area contributed by atoms with E-state index >= 15 is 0 Å². The molecule has 3 unspecified atom stereocenters. The normalized spacial score (nSPS) is 28.8. The van der Waals surface area contributed by atoms with Crippen molar-refractivity contribution in [3.8, 4) is 5.75 Å². The highest BCUT2D eigenvalue weighted by atomic mass is 16.5. The van der Waals surface area contributed by atoms with Gasteiger partial charge in [-0.3, -0.25) is 0 Å². The molecule has 1 aromatic heterocycles. The molecule has 0 aliphatic heterocycles. The molecule has 94 valence electrons. The number of ether oxygens (including phenoxy) is 1. The Morgan fingerprint density at radius 1 is 1.35 bits per heavy atom. The summed E-state index contributed by atoms with van der Waals surface area (Å²) in [5.41, 5.74) is 0. The van der Waals surface area contributed by atoms with E-state index in [9.17, 15) is 0 Å². The first-order chi connectivity index (χ1) is 8.22. The molecule has 3 heteroatoms. The fourth-order valence-electron chi connectivity index (χ4n) is 2.62. The molecule has 2 rings (SSSR count). The Balaban J connectivity index is 2.09. The second-order valence-corrected chi connectivity index (χ2v) is 5.07. The van der Waals surface area contributed by atoms with E-state index in [1.807, 2.05) is 18.3 Å². The number of rotatable bonds is 3. The monoisotopic (exact) mass is 234 g/mol. The van der Waals surface area contributed by atoms with Crippen LogP contribution in [0.4, 0.5) is 5.82 Å². The van der Waals surface area contributed by atoms with E-state index in [0.29, 0.717) is 12.0 Å². The van der Waals surface area contributed by atoms with Gasteiger partial charge in [-0.05, 0) is 30.4 Å². The molecule has 1 aliphatic carbocycles. The van der Waals surface area contributed by atoms with Crippen molar-refractivity contribution in [2.24, 2.45) is 11.8 Å². The summed E-state index contributed by atoms with van der Waals surface area (Å²) in [6, 6.07) is 4.37. The minimum absolute atomic E-state index is 0.516. The summed E-state index contributed by atoms with van der Waals surface area (Å²) in [6.45, 7) is 4.67. The van der Waals surface area contributed by atoms with Crippen LogP contribution >= 0.6 is 0 Å². The largest absolute Gasteiger partial charge is 0.493 e. The van der Waals surface area contributed by atoms with Crippen LogP contribution in [0.5, 0.6) is 5.75 Å². The molecule has 0 radical (unpaired) electrons. The van der Waals surface area contributed by atoms with E-state index in [-0.39, 0.29) is 0 Å². The van der Waals surface area contributed by atoms with Crippen molar-refractivity contribution in [2.45, 2.75) is 39.2 Å². The summed E-state index contributed by atoms with van der Waals surface area (Å²) >= 11 is 0. The number of methoxy groups -OCH3 is 1. The highest BCUT2D eigenvalue weighted by molar-refractivity contribution is 5.50. The van der Waals surface area contributed by atoms with Gasteiger partial charge in [0.05, 0.1) is 7.11 Å². The summed E-state index contributed by atoms with van der Waals surface area (Å²) in [5, 5.41) is 3.54. The fraction of sp³-hybridized carbons (Fsp3) is 0.643. The summed E-state index contributed by atoms with van der Waals surface area (Å²) in [7, 11) is 1.69. The molecular formula is C14H22N2O. The molecule has 0 aromatic carbocycles. The Labute approximate surface area is 104 Å². The molecular weight excluding hydrogens is 212 g/mol. The first kappa shape index (κ1) is 12.2. The smallest absolute Gasteiger partial charge is 0.168 e. The quantitative estimate of drug-likeness (QED) is 0.871. The Bertz CT molecular complexity index is 367. The van der Waals surface area contributed by atoms with Crippen LogP contribution in [0.2, 0.25) is 0 Å². The van der Waals surface area contributed by atoms with E-state index < -0.39 is 0 Å². The molecule has 0 spiro atoms. The minimum atomic E-state index is 0.516. The van der Waals surface area contributed by atoms with Crippen molar-refractivity contribution >= 4 is 5.82 Å². The van der Waals surface area contributed by atoms with Crippen LogP contribution in [0.25, 0.3) is 0 Å². The number of hydrogen-bond donors (Lipinski definition) is 1. The van der Waals surface area contributed by atoms with Crippen molar-refractivity contribution in [2.75, 3.05) is 12.4 Å². The van der Waals surface area contributed by atoms with Gasteiger partial charge in [-0.1, -0.05) is 26.7 Å². The minimum Gasteiger partial charge on any atom is -0.493 e. The molecule has 17 heavy (non-hydrogen) atoms. The molecule has 0 amide bonds. The van der Waals surface area contributed by atoms with Crippen LogP contribution in [0.15, 0.2) is 18.3 Å². The van der Waals surface area contributed by atoms with Crippen LogP contribution in [0.3, 0.4) is 0 Å². The van der Waals surface area contributed by atoms with E-state index in [4.69, 9.17) is 4.74 Å². The lowest BCUT2D eigenvalue weighted by atomic mass is 9.78. The maximum atomic E-state index is 5.32. The average molecular weight is 234 g/mol. The third kappa shape index (κ3) is 2.71. The zero-order valence-corrected chi connectivity index (χ0v) is 10.9. The second-order valence-electron chi connectivity index (χ2n) is 5.07. The highest BCUT2D eigenvalue weighted by Gasteiger charge is 2.27.